The predicted octanol–water partition coefficient (Wildman–Crippen LogP) is 0.779. The highest BCUT2D eigenvalue weighted by molar-refractivity contribution is 6.44. The van der Waals surface area contributed by atoms with Gasteiger partial charge in [0, 0.05) is 13.1 Å². The van der Waals surface area contributed by atoms with Crippen LogP contribution in [-0.4, -0.2) is 70.7 Å². The van der Waals surface area contributed by atoms with Gasteiger partial charge in [0.15, 0.2) is 0 Å². The lowest BCUT2D eigenvalue weighted by Crippen LogP contribution is -2.47. The molecule has 0 N–H and O–H groups in total. The van der Waals surface area contributed by atoms with E-state index in [1.807, 2.05) is 0 Å². The number of carbonyl (C=O) groups is 5. The summed E-state index contributed by atoms with van der Waals surface area (Å²) < 4.78 is 5.00. The highest BCUT2D eigenvalue weighted by Crippen LogP contribution is 2.20. The minimum Gasteiger partial charge on any atom is -0.466 e. The smallest absolute Gasteiger partial charge is 0.335 e. The maximum atomic E-state index is 12.6. The molecule has 0 unspecified atom stereocenters. The van der Waals surface area contributed by atoms with Crippen molar-refractivity contribution in [3.8, 4) is 0 Å². The molecular weight excluding hydrogens is 378 g/mol. The van der Waals surface area contributed by atoms with Crippen LogP contribution in [0.4, 0.5) is 4.79 Å². The number of piperidine rings is 1. The number of benzene rings is 1. The van der Waals surface area contributed by atoms with Crippen LogP contribution in [0.5, 0.6) is 0 Å². The first kappa shape index (κ1) is 20.5. The number of nitrogens with zero attached hydrogens (tertiary/aromatic N) is 3. The number of carbonyl (C=O) groups excluding carboxylic acids is 5. The maximum absolute atomic E-state index is 12.6. The zero-order valence-electron chi connectivity index (χ0n) is 16.2. The van der Waals surface area contributed by atoms with Crippen LogP contribution in [0.1, 0.15) is 25.3 Å². The van der Waals surface area contributed by atoms with E-state index in [1.54, 1.807) is 37.3 Å². The number of rotatable bonds is 6. The van der Waals surface area contributed by atoms with Gasteiger partial charge in [-0.1, -0.05) is 30.3 Å². The van der Waals surface area contributed by atoms with Crippen molar-refractivity contribution in [2.45, 2.75) is 26.3 Å². The van der Waals surface area contributed by atoms with Crippen LogP contribution in [-0.2, 0) is 30.5 Å². The fraction of sp³-hybridized carbons (Fsp3) is 0.450. The minimum absolute atomic E-state index is 0.0279. The molecule has 2 heterocycles. The largest absolute Gasteiger partial charge is 0.466 e. The van der Waals surface area contributed by atoms with Gasteiger partial charge in [-0.15, -0.1) is 0 Å². The Morgan fingerprint density at radius 2 is 1.62 bits per heavy atom. The summed E-state index contributed by atoms with van der Waals surface area (Å²) in [5, 5.41) is 0. The molecule has 29 heavy (non-hydrogen) atoms. The van der Waals surface area contributed by atoms with E-state index in [9.17, 15) is 24.0 Å². The zero-order chi connectivity index (χ0) is 21.0. The van der Waals surface area contributed by atoms with E-state index >= 15 is 0 Å². The molecule has 0 spiro atoms. The van der Waals surface area contributed by atoms with Crippen molar-refractivity contribution in [3.63, 3.8) is 0 Å². The van der Waals surface area contributed by atoms with Crippen LogP contribution in [0.2, 0.25) is 0 Å². The molecule has 1 aromatic rings. The molecule has 1 aromatic carbocycles. The molecule has 0 aliphatic carbocycles. The van der Waals surface area contributed by atoms with E-state index in [0.29, 0.717) is 43.0 Å². The van der Waals surface area contributed by atoms with Gasteiger partial charge in [0.25, 0.3) is 0 Å². The number of likely N-dealkylation sites (tertiary alicyclic amines) is 1. The third kappa shape index (κ3) is 4.44. The average Bonchev–Trinajstić information content (AvgIpc) is 2.93. The van der Waals surface area contributed by atoms with Gasteiger partial charge in [-0.25, -0.2) is 9.69 Å². The Morgan fingerprint density at radius 1 is 1.00 bits per heavy atom. The topological polar surface area (TPSA) is 104 Å². The Labute approximate surface area is 168 Å². The van der Waals surface area contributed by atoms with Crippen molar-refractivity contribution in [3.05, 3.63) is 35.9 Å². The molecule has 154 valence electrons. The van der Waals surface area contributed by atoms with E-state index in [-0.39, 0.29) is 18.4 Å². The van der Waals surface area contributed by atoms with Crippen LogP contribution in [0.3, 0.4) is 0 Å². The summed E-state index contributed by atoms with van der Waals surface area (Å²) in [4.78, 5) is 64.4. The van der Waals surface area contributed by atoms with Crippen molar-refractivity contribution in [2.24, 2.45) is 5.92 Å². The summed E-state index contributed by atoms with van der Waals surface area (Å²) in [6.07, 6.45) is 0.928. The van der Waals surface area contributed by atoms with Gasteiger partial charge in [0.1, 0.15) is 6.54 Å². The number of imide groups is 2. The van der Waals surface area contributed by atoms with Crippen molar-refractivity contribution in [1.29, 1.82) is 0 Å². The van der Waals surface area contributed by atoms with Gasteiger partial charge in [-0.05, 0) is 25.3 Å². The van der Waals surface area contributed by atoms with Crippen molar-refractivity contribution in [1.82, 2.24) is 14.7 Å². The number of hydrogen-bond acceptors (Lipinski definition) is 6. The minimum atomic E-state index is -0.999. The number of urea groups is 1. The molecule has 0 atom stereocenters. The maximum Gasteiger partial charge on any atom is 0.335 e. The molecule has 2 aliphatic heterocycles. The van der Waals surface area contributed by atoms with Crippen LogP contribution < -0.4 is 0 Å². The highest BCUT2D eigenvalue weighted by Gasteiger charge is 2.45. The number of esters is 1. The molecule has 9 nitrogen and oxygen atoms in total. The van der Waals surface area contributed by atoms with Gasteiger partial charge in [-0.2, -0.15) is 0 Å². The summed E-state index contributed by atoms with van der Waals surface area (Å²) in [5.74, 6) is -2.89. The summed E-state index contributed by atoms with van der Waals surface area (Å²) in [5.41, 5.74) is 0.705. The fourth-order valence-electron chi connectivity index (χ4n) is 3.46. The third-order valence-electron chi connectivity index (χ3n) is 5.08. The van der Waals surface area contributed by atoms with E-state index in [2.05, 4.69) is 0 Å². The Morgan fingerprint density at radius 3 is 2.24 bits per heavy atom. The van der Waals surface area contributed by atoms with E-state index in [0.717, 1.165) is 4.90 Å². The Balaban J connectivity index is 1.58. The van der Waals surface area contributed by atoms with Gasteiger partial charge in [0.2, 0.25) is 5.91 Å². The number of amides is 5. The van der Waals surface area contributed by atoms with E-state index in [1.165, 1.54) is 4.90 Å². The monoisotopic (exact) mass is 401 g/mol. The van der Waals surface area contributed by atoms with Gasteiger partial charge >= 0.3 is 23.8 Å². The third-order valence-corrected chi connectivity index (χ3v) is 5.08. The van der Waals surface area contributed by atoms with Crippen molar-refractivity contribution in [2.75, 3.05) is 26.2 Å². The molecule has 0 bridgehead atoms. The first-order chi connectivity index (χ1) is 13.9. The normalized spacial score (nSPS) is 17.8. The molecule has 5 amide bonds. The second-order valence-corrected chi connectivity index (χ2v) is 6.96. The highest BCUT2D eigenvalue weighted by atomic mass is 16.5. The molecular formula is C20H23N3O6. The molecule has 0 radical (unpaired) electrons. The lowest BCUT2D eigenvalue weighted by atomic mass is 9.97. The second kappa shape index (κ2) is 8.85. The lowest BCUT2D eigenvalue weighted by molar-refractivity contribution is -0.151. The molecule has 0 saturated carbocycles. The molecule has 2 fully saturated rings. The predicted molar refractivity (Wildman–Crippen MR) is 100 cm³/mol. The van der Waals surface area contributed by atoms with Crippen LogP contribution in [0.15, 0.2) is 30.3 Å². The zero-order valence-corrected chi connectivity index (χ0v) is 16.2. The summed E-state index contributed by atoms with van der Waals surface area (Å²) in [6, 6.07) is 8.03. The SMILES string of the molecule is CCOC(=O)C1CCN(C(=O)CN2C(=O)C(=O)N(Cc3ccccc3)C2=O)CC1. The van der Waals surface area contributed by atoms with Crippen LogP contribution in [0.25, 0.3) is 0 Å². The molecule has 3 rings (SSSR count). The van der Waals surface area contributed by atoms with Crippen LogP contribution in [0, 0.1) is 5.92 Å². The first-order valence-corrected chi connectivity index (χ1v) is 9.58. The lowest BCUT2D eigenvalue weighted by Gasteiger charge is -2.31. The summed E-state index contributed by atoms with van der Waals surface area (Å²) in [7, 11) is 0. The van der Waals surface area contributed by atoms with E-state index in [4.69, 9.17) is 4.74 Å². The summed E-state index contributed by atoms with van der Waals surface area (Å²) in [6.45, 7) is 2.20. The average molecular weight is 401 g/mol. The molecule has 9 heteroatoms. The molecule has 0 aromatic heterocycles. The molecule has 2 aliphatic rings. The second-order valence-electron chi connectivity index (χ2n) is 6.96. The van der Waals surface area contributed by atoms with E-state index < -0.39 is 30.3 Å². The Hall–Kier alpha value is -3.23. The number of hydrogen-bond donors (Lipinski definition) is 0. The standard InChI is InChI=1S/C20H23N3O6/c1-2-29-19(27)15-8-10-21(11-9-15)16(24)13-23-18(26)17(25)22(20(23)28)12-14-6-4-3-5-7-14/h3-7,15H,2,8-13H2,1H3. The van der Waals surface area contributed by atoms with Crippen molar-refractivity contribution < 1.29 is 28.7 Å². The Bertz CT molecular complexity index is 817. The Kier molecular flexibility index (Phi) is 6.26. The fourth-order valence-corrected chi connectivity index (χ4v) is 3.46. The van der Waals surface area contributed by atoms with Gasteiger partial charge < -0.3 is 9.64 Å². The van der Waals surface area contributed by atoms with Crippen molar-refractivity contribution >= 4 is 29.7 Å². The van der Waals surface area contributed by atoms with Crippen LogP contribution >= 0.6 is 0 Å². The summed E-state index contributed by atoms with van der Waals surface area (Å²) >= 11 is 0. The van der Waals surface area contributed by atoms with Gasteiger partial charge in [0.05, 0.1) is 19.1 Å². The quantitative estimate of drug-likeness (QED) is 0.396. The van der Waals surface area contributed by atoms with Gasteiger partial charge in [-0.3, -0.25) is 24.1 Å². The molecule has 2 saturated heterocycles. The number of ether oxygens (including phenoxy) is 1. The first-order valence-electron chi connectivity index (χ1n) is 9.58.